The van der Waals surface area contributed by atoms with Crippen LogP contribution in [0.3, 0.4) is 0 Å². The number of hydrogen-bond donors (Lipinski definition) is 1. The van der Waals surface area contributed by atoms with Gasteiger partial charge in [0.1, 0.15) is 0 Å². The van der Waals surface area contributed by atoms with E-state index in [1.165, 1.54) is 0 Å². The van der Waals surface area contributed by atoms with Crippen molar-refractivity contribution in [2.75, 3.05) is 0 Å². The zero-order chi connectivity index (χ0) is 12.7. The van der Waals surface area contributed by atoms with Crippen molar-refractivity contribution in [1.29, 1.82) is 0 Å². The average molecular weight is 254 g/mol. The first-order valence-corrected chi connectivity index (χ1v) is 7.01. The summed E-state index contributed by atoms with van der Waals surface area (Å²) in [6.07, 6.45) is 1.04. The van der Waals surface area contributed by atoms with Gasteiger partial charge < -0.3 is 10.1 Å². The zero-order valence-corrected chi connectivity index (χ0v) is 12.1. The monoisotopic (exact) mass is 254 g/mol. The van der Waals surface area contributed by atoms with Crippen molar-refractivity contribution in [2.24, 2.45) is 0 Å². The number of nitrogens with zero attached hydrogens (tertiary/aromatic N) is 1. The molecule has 2 heterocycles. The highest BCUT2D eigenvalue weighted by Crippen LogP contribution is 2.37. The summed E-state index contributed by atoms with van der Waals surface area (Å²) in [6, 6.07) is 0.388. The maximum Gasteiger partial charge on any atom is 0.0897 e. The Morgan fingerprint density at radius 2 is 2.18 bits per heavy atom. The zero-order valence-electron chi connectivity index (χ0n) is 11.3. The van der Waals surface area contributed by atoms with E-state index < -0.39 is 0 Å². The predicted octanol–water partition coefficient (Wildman–Crippen LogP) is 2.89. The predicted molar refractivity (Wildman–Crippen MR) is 71.3 cm³/mol. The van der Waals surface area contributed by atoms with Crippen LogP contribution in [0.15, 0.2) is 5.38 Å². The summed E-state index contributed by atoms with van der Waals surface area (Å²) in [5.41, 5.74) is 1.00. The standard InChI is InChI=1S/C13H22N2OS/c1-9-15-10(8-17-9)7-14-11-6-12(2,3)16-13(11,4)5/h8,11,14H,6-7H2,1-5H3. The number of rotatable bonds is 3. The Labute approximate surface area is 108 Å². The lowest BCUT2D eigenvalue weighted by atomic mass is 9.94. The molecule has 0 amide bonds. The summed E-state index contributed by atoms with van der Waals surface area (Å²) >= 11 is 1.70. The van der Waals surface area contributed by atoms with E-state index in [1.807, 2.05) is 6.92 Å². The van der Waals surface area contributed by atoms with Gasteiger partial charge in [0.05, 0.1) is 21.9 Å². The van der Waals surface area contributed by atoms with Crippen LogP contribution in [0.25, 0.3) is 0 Å². The molecule has 0 radical (unpaired) electrons. The Morgan fingerprint density at radius 1 is 1.47 bits per heavy atom. The second-order valence-electron chi connectivity index (χ2n) is 5.96. The highest BCUT2D eigenvalue weighted by Gasteiger charge is 2.45. The molecule has 1 fully saturated rings. The molecule has 1 N–H and O–H groups in total. The van der Waals surface area contributed by atoms with Gasteiger partial charge in [0.2, 0.25) is 0 Å². The van der Waals surface area contributed by atoms with Crippen LogP contribution in [-0.4, -0.2) is 22.2 Å². The molecule has 2 rings (SSSR count). The molecular weight excluding hydrogens is 232 g/mol. The van der Waals surface area contributed by atoms with Crippen LogP contribution >= 0.6 is 11.3 Å². The molecule has 4 heteroatoms. The number of ether oxygens (including phenoxy) is 1. The maximum absolute atomic E-state index is 6.06. The maximum atomic E-state index is 6.06. The van der Waals surface area contributed by atoms with Gasteiger partial charge in [0.15, 0.2) is 0 Å². The summed E-state index contributed by atoms with van der Waals surface area (Å²) in [5, 5.41) is 6.83. The molecule has 1 aliphatic rings. The van der Waals surface area contributed by atoms with E-state index in [0.717, 1.165) is 23.7 Å². The summed E-state index contributed by atoms with van der Waals surface area (Å²) in [6.45, 7) is 11.5. The molecule has 0 aromatic carbocycles. The molecule has 1 aromatic rings. The minimum absolute atomic E-state index is 0.0286. The van der Waals surface area contributed by atoms with Crippen molar-refractivity contribution in [3.63, 3.8) is 0 Å². The molecule has 1 saturated heterocycles. The Morgan fingerprint density at radius 3 is 2.65 bits per heavy atom. The summed E-state index contributed by atoms with van der Waals surface area (Å²) in [4.78, 5) is 4.47. The normalized spacial score (nSPS) is 26.3. The van der Waals surface area contributed by atoms with Gasteiger partial charge in [-0.15, -0.1) is 11.3 Å². The minimum atomic E-state index is -0.103. The highest BCUT2D eigenvalue weighted by atomic mass is 32.1. The molecule has 0 bridgehead atoms. The Bertz CT molecular complexity index is 398. The van der Waals surface area contributed by atoms with Crippen molar-refractivity contribution in [3.05, 3.63) is 16.1 Å². The fourth-order valence-electron chi connectivity index (χ4n) is 2.60. The largest absolute Gasteiger partial charge is 0.368 e. The third-order valence-corrected chi connectivity index (χ3v) is 4.09. The quantitative estimate of drug-likeness (QED) is 0.900. The first kappa shape index (κ1) is 13.0. The van der Waals surface area contributed by atoms with Gasteiger partial charge in [0, 0.05) is 18.0 Å². The third-order valence-electron chi connectivity index (χ3n) is 3.27. The van der Waals surface area contributed by atoms with Crippen LogP contribution in [0, 0.1) is 6.92 Å². The number of aromatic nitrogens is 1. The van der Waals surface area contributed by atoms with E-state index in [2.05, 4.69) is 43.4 Å². The van der Waals surface area contributed by atoms with E-state index in [0.29, 0.717) is 6.04 Å². The molecule has 17 heavy (non-hydrogen) atoms. The third kappa shape index (κ3) is 3.06. The van der Waals surface area contributed by atoms with Crippen LogP contribution in [-0.2, 0) is 11.3 Å². The lowest BCUT2D eigenvalue weighted by molar-refractivity contribution is -0.0699. The van der Waals surface area contributed by atoms with Crippen LogP contribution in [0.4, 0.5) is 0 Å². The van der Waals surface area contributed by atoms with Gasteiger partial charge >= 0.3 is 0 Å². The second-order valence-corrected chi connectivity index (χ2v) is 7.02. The number of nitrogens with one attached hydrogen (secondary N) is 1. The molecule has 1 aromatic heterocycles. The fraction of sp³-hybridized carbons (Fsp3) is 0.769. The molecule has 3 nitrogen and oxygen atoms in total. The van der Waals surface area contributed by atoms with Gasteiger partial charge in [-0.2, -0.15) is 0 Å². The van der Waals surface area contributed by atoms with E-state index in [-0.39, 0.29) is 11.2 Å². The molecule has 1 unspecified atom stereocenters. The Balaban J connectivity index is 1.95. The van der Waals surface area contributed by atoms with Gasteiger partial charge in [0.25, 0.3) is 0 Å². The number of aryl methyl sites for hydroxylation is 1. The molecular formula is C13H22N2OS. The van der Waals surface area contributed by atoms with Crippen LogP contribution in [0.1, 0.15) is 44.8 Å². The van der Waals surface area contributed by atoms with Gasteiger partial charge in [-0.25, -0.2) is 4.98 Å². The lowest BCUT2D eigenvalue weighted by Crippen LogP contribution is -2.43. The topological polar surface area (TPSA) is 34.2 Å². The van der Waals surface area contributed by atoms with E-state index in [9.17, 15) is 0 Å². The van der Waals surface area contributed by atoms with E-state index >= 15 is 0 Å². The van der Waals surface area contributed by atoms with Gasteiger partial charge in [-0.05, 0) is 41.0 Å². The first-order valence-electron chi connectivity index (χ1n) is 6.13. The van der Waals surface area contributed by atoms with E-state index in [4.69, 9.17) is 4.74 Å². The van der Waals surface area contributed by atoms with Crippen LogP contribution in [0.2, 0.25) is 0 Å². The van der Waals surface area contributed by atoms with Crippen molar-refractivity contribution in [1.82, 2.24) is 10.3 Å². The van der Waals surface area contributed by atoms with Gasteiger partial charge in [-0.3, -0.25) is 0 Å². The summed E-state index contributed by atoms with van der Waals surface area (Å²) in [7, 11) is 0. The van der Waals surface area contributed by atoms with Crippen molar-refractivity contribution >= 4 is 11.3 Å². The molecule has 0 spiro atoms. The SMILES string of the molecule is Cc1nc(CNC2CC(C)(C)OC2(C)C)cs1. The Kier molecular flexibility index (Phi) is 3.31. The second kappa shape index (κ2) is 4.34. The van der Waals surface area contributed by atoms with E-state index in [1.54, 1.807) is 11.3 Å². The minimum Gasteiger partial charge on any atom is -0.368 e. The summed E-state index contributed by atoms with van der Waals surface area (Å²) in [5.74, 6) is 0. The first-order chi connectivity index (χ1) is 7.78. The molecule has 1 aliphatic heterocycles. The average Bonchev–Trinajstić information content (AvgIpc) is 2.64. The smallest absolute Gasteiger partial charge is 0.0897 e. The fourth-order valence-corrected chi connectivity index (χ4v) is 3.21. The van der Waals surface area contributed by atoms with Gasteiger partial charge in [-0.1, -0.05) is 0 Å². The van der Waals surface area contributed by atoms with Crippen molar-refractivity contribution in [3.8, 4) is 0 Å². The van der Waals surface area contributed by atoms with Crippen LogP contribution in [0.5, 0.6) is 0 Å². The number of hydrogen-bond acceptors (Lipinski definition) is 4. The lowest BCUT2D eigenvalue weighted by Gasteiger charge is -2.27. The van der Waals surface area contributed by atoms with Crippen molar-refractivity contribution < 1.29 is 4.74 Å². The molecule has 0 aliphatic carbocycles. The molecule has 96 valence electrons. The summed E-state index contributed by atoms with van der Waals surface area (Å²) < 4.78 is 6.06. The molecule has 0 saturated carbocycles. The number of thiazole rings is 1. The van der Waals surface area contributed by atoms with Crippen molar-refractivity contribution in [2.45, 2.75) is 64.8 Å². The van der Waals surface area contributed by atoms with Crippen LogP contribution < -0.4 is 5.32 Å². The molecule has 1 atom stereocenters. The highest BCUT2D eigenvalue weighted by molar-refractivity contribution is 7.09. The Hall–Kier alpha value is -0.450.